The average Bonchev–Trinajstić information content (AvgIpc) is 2.47. The summed E-state index contributed by atoms with van der Waals surface area (Å²) in [6.07, 6.45) is 5.78. The second-order valence-corrected chi connectivity index (χ2v) is 7.10. The van der Waals surface area contributed by atoms with Gasteiger partial charge in [-0.3, -0.25) is 0 Å². The molecule has 116 valence electrons. The van der Waals surface area contributed by atoms with Crippen LogP contribution < -0.4 is 15.2 Å². The Morgan fingerprint density at radius 2 is 2.14 bits per heavy atom. The summed E-state index contributed by atoms with van der Waals surface area (Å²) < 4.78 is 11.8. The Kier molecular flexibility index (Phi) is 3.87. The summed E-state index contributed by atoms with van der Waals surface area (Å²) in [6, 6.07) is 6.06. The summed E-state index contributed by atoms with van der Waals surface area (Å²) in [4.78, 5) is 0. The van der Waals surface area contributed by atoms with Gasteiger partial charge in [0.1, 0.15) is 17.1 Å². The zero-order valence-electron chi connectivity index (χ0n) is 13.4. The lowest BCUT2D eigenvalue weighted by molar-refractivity contribution is -0.0249. The molecule has 0 bridgehead atoms. The molecule has 21 heavy (non-hydrogen) atoms. The lowest BCUT2D eigenvalue weighted by atomic mass is 9.70. The SMILES string of the molecule is COc1ccc2c(c1)C(N)CC1(CCCC(C(C)C)C1)O2. The van der Waals surface area contributed by atoms with Crippen LogP contribution in [0.3, 0.4) is 0 Å². The molecule has 0 aromatic heterocycles. The molecule has 1 aliphatic carbocycles. The topological polar surface area (TPSA) is 44.5 Å². The number of benzene rings is 1. The third-order valence-electron chi connectivity index (χ3n) is 5.32. The number of hydrogen-bond acceptors (Lipinski definition) is 3. The van der Waals surface area contributed by atoms with E-state index in [9.17, 15) is 0 Å². The minimum absolute atomic E-state index is 0.0474. The molecule has 1 spiro atoms. The molecule has 0 amide bonds. The molecule has 0 radical (unpaired) electrons. The Bertz CT molecular complexity index is 514. The van der Waals surface area contributed by atoms with Crippen LogP contribution in [0.2, 0.25) is 0 Å². The Balaban J connectivity index is 1.87. The van der Waals surface area contributed by atoms with Gasteiger partial charge < -0.3 is 15.2 Å². The first-order valence-electron chi connectivity index (χ1n) is 8.15. The van der Waals surface area contributed by atoms with Gasteiger partial charge in [0, 0.05) is 18.0 Å². The van der Waals surface area contributed by atoms with Crippen LogP contribution in [0.1, 0.15) is 57.6 Å². The highest BCUT2D eigenvalue weighted by molar-refractivity contribution is 5.44. The van der Waals surface area contributed by atoms with Gasteiger partial charge in [0.2, 0.25) is 0 Å². The van der Waals surface area contributed by atoms with E-state index in [0.717, 1.165) is 48.2 Å². The number of rotatable bonds is 2. The van der Waals surface area contributed by atoms with E-state index >= 15 is 0 Å². The molecule has 2 aliphatic rings. The fourth-order valence-corrected chi connectivity index (χ4v) is 4.04. The molecule has 3 atom stereocenters. The molecule has 2 N–H and O–H groups in total. The molecule has 1 saturated carbocycles. The number of ether oxygens (including phenoxy) is 2. The van der Waals surface area contributed by atoms with E-state index in [1.807, 2.05) is 18.2 Å². The first kappa shape index (κ1) is 14.7. The van der Waals surface area contributed by atoms with E-state index in [4.69, 9.17) is 15.2 Å². The van der Waals surface area contributed by atoms with Gasteiger partial charge in [-0.25, -0.2) is 0 Å². The summed E-state index contributed by atoms with van der Waals surface area (Å²) in [5.74, 6) is 3.29. The van der Waals surface area contributed by atoms with Gasteiger partial charge in [-0.15, -0.1) is 0 Å². The maximum absolute atomic E-state index is 6.48. The molecule has 1 aromatic carbocycles. The Morgan fingerprint density at radius 3 is 2.86 bits per heavy atom. The van der Waals surface area contributed by atoms with Gasteiger partial charge in [0.15, 0.2) is 0 Å². The molecule has 3 nitrogen and oxygen atoms in total. The highest BCUT2D eigenvalue weighted by Crippen LogP contribution is 2.48. The van der Waals surface area contributed by atoms with Crippen molar-refractivity contribution >= 4 is 0 Å². The summed E-state index contributed by atoms with van der Waals surface area (Å²) in [5, 5.41) is 0. The van der Waals surface area contributed by atoms with Crippen molar-refractivity contribution in [2.45, 2.75) is 57.6 Å². The van der Waals surface area contributed by atoms with E-state index in [1.54, 1.807) is 7.11 Å². The zero-order chi connectivity index (χ0) is 15.0. The van der Waals surface area contributed by atoms with E-state index < -0.39 is 0 Å². The van der Waals surface area contributed by atoms with Crippen LogP contribution in [0.25, 0.3) is 0 Å². The summed E-state index contributed by atoms with van der Waals surface area (Å²) in [5.41, 5.74) is 7.50. The number of methoxy groups -OCH3 is 1. The molecular weight excluding hydrogens is 262 g/mol. The zero-order valence-corrected chi connectivity index (χ0v) is 13.4. The average molecular weight is 289 g/mol. The molecule has 1 aromatic rings. The van der Waals surface area contributed by atoms with Crippen molar-refractivity contribution in [1.29, 1.82) is 0 Å². The van der Waals surface area contributed by atoms with Crippen molar-refractivity contribution in [3.05, 3.63) is 23.8 Å². The normalized spacial score (nSPS) is 31.9. The smallest absolute Gasteiger partial charge is 0.125 e. The van der Waals surface area contributed by atoms with Gasteiger partial charge in [-0.1, -0.05) is 13.8 Å². The lowest BCUT2D eigenvalue weighted by Crippen LogP contribution is -2.47. The largest absolute Gasteiger partial charge is 0.497 e. The van der Waals surface area contributed by atoms with Crippen molar-refractivity contribution in [2.75, 3.05) is 7.11 Å². The molecule has 3 heteroatoms. The van der Waals surface area contributed by atoms with Gasteiger partial charge in [-0.2, -0.15) is 0 Å². The van der Waals surface area contributed by atoms with E-state index in [2.05, 4.69) is 13.8 Å². The Hall–Kier alpha value is -1.22. The predicted octanol–water partition coefficient (Wildman–Crippen LogP) is 4.06. The van der Waals surface area contributed by atoms with E-state index in [1.165, 1.54) is 12.8 Å². The van der Waals surface area contributed by atoms with E-state index in [-0.39, 0.29) is 11.6 Å². The molecule has 1 heterocycles. The second-order valence-electron chi connectivity index (χ2n) is 7.10. The van der Waals surface area contributed by atoms with Crippen LogP contribution in [0.5, 0.6) is 11.5 Å². The third kappa shape index (κ3) is 2.76. The lowest BCUT2D eigenvalue weighted by Gasteiger charge is -2.47. The number of fused-ring (bicyclic) bond motifs is 1. The fourth-order valence-electron chi connectivity index (χ4n) is 4.04. The molecule has 0 saturated heterocycles. The summed E-state index contributed by atoms with van der Waals surface area (Å²) in [6.45, 7) is 4.65. The van der Waals surface area contributed by atoms with Gasteiger partial charge in [0.05, 0.1) is 7.11 Å². The standard InChI is InChI=1S/C18H27NO2/c1-12(2)13-5-4-8-18(10-13)11-16(19)15-9-14(20-3)6-7-17(15)21-18/h6-7,9,12-13,16H,4-5,8,10-11,19H2,1-3H3. The van der Waals surface area contributed by atoms with Crippen LogP contribution in [0, 0.1) is 11.8 Å². The fraction of sp³-hybridized carbons (Fsp3) is 0.667. The molecule has 1 fully saturated rings. The minimum atomic E-state index is -0.0474. The summed E-state index contributed by atoms with van der Waals surface area (Å²) in [7, 11) is 1.69. The van der Waals surface area contributed by atoms with Gasteiger partial charge >= 0.3 is 0 Å². The van der Waals surface area contributed by atoms with Crippen molar-refractivity contribution in [1.82, 2.24) is 0 Å². The second kappa shape index (κ2) is 5.53. The minimum Gasteiger partial charge on any atom is -0.497 e. The first-order valence-corrected chi connectivity index (χ1v) is 8.15. The quantitative estimate of drug-likeness (QED) is 0.893. The van der Waals surface area contributed by atoms with Crippen LogP contribution in [-0.2, 0) is 0 Å². The highest BCUT2D eigenvalue weighted by atomic mass is 16.5. The molecule has 3 rings (SSSR count). The van der Waals surface area contributed by atoms with Crippen LogP contribution in [0.15, 0.2) is 18.2 Å². The van der Waals surface area contributed by atoms with Crippen molar-refractivity contribution in [3.63, 3.8) is 0 Å². The molecule has 1 aliphatic heterocycles. The Morgan fingerprint density at radius 1 is 1.33 bits per heavy atom. The van der Waals surface area contributed by atoms with Gasteiger partial charge in [-0.05, 0) is 55.7 Å². The summed E-state index contributed by atoms with van der Waals surface area (Å²) >= 11 is 0. The van der Waals surface area contributed by atoms with Crippen molar-refractivity contribution in [3.8, 4) is 11.5 Å². The maximum Gasteiger partial charge on any atom is 0.125 e. The van der Waals surface area contributed by atoms with Crippen LogP contribution in [-0.4, -0.2) is 12.7 Å². The number of nitrogens with two attached hydrogens (primary N) is 1. The van der Waals surface area contributed by atoms with Crippen molar-refractivity contribution in [2.24, 2.45) is 17.6 Å². The Labute approximate surface area is 127 Å². The van der Waals surface area contributed by atoms with Crippen molar-refractivity contribution < 1.29 is 9.47 Å². The van der Waals surface area contributed by atoms with Crippen LogP contribution >= 0.6 is 0 Å². The highest BCUT2D eigenvalue weighted by Gasteiger charge is 2.44. The van der Waals surface area contributed by atoms with Gasteiger partial charge in [0.25, 0.3) is 0 Å². The molecule has 3 unspecified atom stereocenters. The molecular formula is C18H27NO2. The number of hydrogen-bond donors (Lipinski definition) is 1. The third-order valence-corrected chi connectivity index (χ3v) is 5.32. The maximum atomic E-state index is 6.48. The first-order chi connectivity index (χ1) is 10.0. The predicted molar refractivity (Wildman–Crippen MR) is 84.7 cm³/mol. The monoisotopic (exact) mass is 289 g/mol. The van der Waals surface area contributed by atoms with E-state index in [0.29, 0.717) is 0 Å². The van der Waals surface area contributed by atoms with Crippen LogP contribution in [0.4, 0.5) is 0 Å².